The van der Waals surface area contributed by atoms with Gasteiger partial charge in [-0.15, -0.1) is 0 Å². The van der Waals surface area contributed by atoms with Crippen LogP contribution in [0.3, 0.4) is 0 Å². The highest BCUT2D eigenvalue weighted by atomic mass is 16.5. The Morgan fingerprint density at radius 3 is 2.43 bits per heavy atom. The van der Waals surface area contributed by atoms with Crippen LogP contribution in [0.15, 0.2) is 78.4 Å². The van der Waals surface area contributed by atoms with Gasteiger partial charge in [-0.3, -0.25) is 4.79 Å². The second-order valence-corrected chi connectivity index (χ2v) is 16.0. The van der Waals surface area contributed by atoms with Gasteiger partial charge in [0, 0.05) is 34.2 Å². The Hall–Kier alpha value is -4.14. The van der Waals surface area contributed by atoms with Crippen molar-refractivity contribution in [3.05, 3.63) is 101 Å². The number of carbonyl (C=O) groups is 2. The number of ketones is 1. The van der Waals surface area contributed by atoms with E-state index in [1.54, 1.807) is 19.1 Å². The third-order valence-corrected chi connectivity index (χ3v) is 12.5. The van der Waals surface area contributed by atoms with Crippen LogP contribution in [0.25, 0.3) is 0 Å². The SMILES string of the molecule is COc1ccc(CN(CC2(O)CCC3c4ccc(cc4C(=O)C4CCCCC4)CC(O)CCC(C)=CCCC32C)C(=O)Nc2ccccc2)c(OC)c1. The molecule has 2 saturated carbocycles. The number of aliphatic hydroxyl groups is 2. The first-order valence-corrected chi connectivity index (χ1v) is 19.6. The van der Waals surface area contributed by atoms with Crippen molar-refractivity contribution in [2.45, 2.75) is 115 Å². The average Bonchev–Trinajstić information content (AvgIpc) is 3.42. The number of benzene rings is 3. The van der Waals surface area contributed by atoms with Gasteiger partial charge < -0.3 is 29.9 Å². The molecule has 0 aliphatic heterocycles. The third-order valence-electron chi connectivity index (χ3n) is 12.5. The number of hydrogen-bond donors (Lipinski definition) is 3. The molecule has 0 heterocycles. The number of allylic oxidation sites excluding steroid dienone is 2. The first kappa shape index (κ1) is 38.6. The van der Waals surface area contributed by atoms with Gasteiger partial charge in [-0.25, -0.2) is 4.79 Å². The van der Waals surface area contributed by atoms with E-state index in [0.29, 0.717) is 49.3 Å². The summed E-state index contributed by atoms with van der Waals surface area (Å²) in [6.45, 7) is 4.59. The van der Waals surface area contributed by atoms with Gasteiger partial charge in [-0.05, 0) is 112 Å². The van der Waals surface area contributed by atoms with Crippen LogP contribution in [-0.4, -0.2) is 59.4 Å². The van der Waals surface area contributed by atoms with Crippen LogP contribution in [0.2, 0.25) is 0 Å². The molecule has 4 unspecified atom stereocenters. The maximum absolute atomic E-state index is 14.5. The fourth-order valence-electron chi connectivity index (χ4n) is 9.23. The zero-order valence-corrected chi connectivity index (χ0v) is 32.0. The zero-order chi connectivity index (χ0) is 37.6. The van der Waals surface area contributed by atoms with Gasteiger partial charge in [0.15, 0.2) is 5.78 Å². The number of rotatable bonds is 9. The molecule has 4 atom stereocenters. The maximum atomic E-state index is 14.5. The van der Waals surface area contributed by atoms with Gasteiger partial charge in [0.2, 0.25) is 0 Å². The van der Waals surface area contributed by atoms with E-state index < -0.39 is 17.1 Å². The van der Waals surface area contributed by atoms with Crippen molar-refractivity contribution in [1.29, 1.82) is 0 Å². The summed E-state index contributed by atoms with van der Waals surface area (Å²) in [5.74, 6) is 1.33. The number of para-hydroxylation sites is 1. The molecule has 284 valence electrons. The number of methoxy groups -OCH3 is 2. The quantitative estimate of drug-likeness (QED) is 0.150. The summed E-state index contributed by atoms with van der Waals surface area (Å²) < 4.78 is 11.2. The van der Waals surface area contributed by atoms with E-state index in [2.05, 4.69) is 43.4 Å². The number of anilines is 1. The fourth-order valence-corrected chi connectivity index (χ4v) is 9.23. The highest BCUT2D eigenvalue weighted by molar-refractivity contribution is 5.99. The number of nitrogens with zero attached hydrogens (tertiary/aromatic N) is 1. The average molecular weight is 723 g/mol. The molecule has 2 fully saturated rings. The number of urea groups is 1. The maximum Gasteiger partial charge on any atom is 0.322 e. The molecule has 2 bridgehead atoms. The summed E-state index contributed by atoms with van der Waals surface area (Å²) >= 11 is 0. The van der Waals surface area contributed by atoms with Crippen LogP contribution in [0.4, 0.5) is 10.5 Å². The Labute approximate surface area is 315 Å². The molecule has 3 aromatic carbocycles. The first-order chi connectivity index (χ1) is 25.5. The molecular formula is C45H58N2O6. The van der Waals surface area contributed by atoms with Gasteiger partial charge in [-0.2, -0.15) is 0 Å². The van der Waals surface area contributed by atoms with E-state index in [1.165, 1.54) is 12.0 Å². The van der Waals surface area contributed by atoms with Crippen molar-refractivity contribution in [3.63, 3.8) is 0 Å². The number of hydrogen-bond acceptors (Lipinski definition) is 6. The van der Waals surface area contributed by atoms with Crippen LogP contribution >= 0.6 is 0 Å². The van der Waals surface area contributed by atoms with Crippen LogP contribution in [0.5, 0.6) is 11.5 Å². The Kier molecular flexibility index (Phi) is 12.3. The molecular weight excluding hydrogens is 665 g/mol. The lowest BCUT2D eigenvalue weighted by Crippen LogP contribution is -2.54. The van der Waals surface area contributed by atoms with Crippen LogP contribution in [-0.2, 0) is 13.0 Å². The molecule has 8 nitrogen and oxygen atoms in total. The second kappa shape index (κ2) is 16.9. The summed E-state index contributed by atoms with van der Waals surface area (Å²) in [6, 6.07) is 20.9. The lowest BCUT2D eigenvalue weighted by molar-refractivity contribution is -0.0773. The first-order valence-electron chi connectivity index (χ1n) is 19.6. The molecule has 0 radical (unpaired) electrons. The van der Waals surface area contributed by atoms with E-state index in [9.17, 15) is 19.8 Å². The molecule has 8 heteroatoms. The van der Waals surface area contributed by atoms with Crippen molar-refractivity contribution < 1.29 is 29.3 Å². The minimum absolute atomic E-state index is 0.00432. The van der Waals surface area contributed by atoms with Gasteiger partial charge in [0.05, 0.1) is 39.0 Å². The van der Waals surface area contributed by atoms with Gasteiger partial charge in [0.1, 0.15) is 11.5 Å². The van der Waals surface area contributed by atoms with Crippen LogP contribution in [0, 0.1) is 11.3 Å². The van der Waals surface area contributed by atoms with Crippen molar-refractivity contribution in [1.82, 2.24) is 4.90 Å². The number of fused-ring (bicyclic) bond motifs is 8. The summed E-state index contributed by atoms with van der Waals surface area (Å²) in [5.41, 5.74) is 3.46. The lowest BCUT2D eigenvalue weighted by Gasteiger charge is -2.46. The molecule has 3 N–H and O–H groups in total. The molecule has 7 rings (SSSR count). The van der Waals surface area contributed by atoms with Crippen LogP contribution in [0.1, 0.15) is 117 Å². The zero-order valence-electron chi connectivity index (χ0n) is 32.0. The summed E-state index contributed by atoms with van der Waals surface area (Å²) in [6.07, 6.45) is 11.4. The lowest BCUT2D eigenvalue weighted by atomic mass is 9.64. The van der Waals surface area contributed by atoms with Gasteiger partial charge in [0.25, 0.3) is 0 Å². The largest absolute Gasteiger partial charge is 0.497 e. The number of Topliss-reactive ketones (excluding diaryl/α,β-unsaturated/α-hetero) is 1. The Morgan fingerprint density at radius 1 is 0.925 bits per heavy atom. The normalized spacial score (nSPS) is 25.1. The van der Waals surface area contributed by atoms with Gasteiger partial charge >= 0.3 is 6.03 Å². The number of nitrogens with one attached hydrogen (secondary N) is 1. The van der Waals surface area contributed by atoms with E-state index in [0.717, 1.165) is 60.8 Å². The molecule has 0 aromatic heterocycles. The highest BCUT2D eigenvalue weighted by Crippen LogP contribution is 2.59. The van der Waals surface area contributed by atoms with Crippen molar-refractivity contribution in [2.75, 3.05) is 26.1 Å². The Bertz CT molecular complexity index is 1770. The minimum Gasteiger partial charge on any atom is -0.497 e. The molecule has 53 heavy (non-hydrogen) atoms. The smallest absolute Gasteiger partial charge is 0.322 e. The molecule has 4 aliphatic carbocycles. The second-order valence-electron chi connectivity index (χ2n) is 16.0. The number of aliphatic hydroxyl groups excluding tert-OH is 1. The standard InChI is InChI=1S/C45H58N2O6/c1-31-12-11-24-44(2)40(38-22-18-32(26-36(48)20-17-31)27-39(38)42(49)33-13-7-5-8-14-33)23-25-45(44,51)30-47(43(50)46-35-15-9-6-10-16-35)29-34-19-21-37(52-3)28-41(34)53-4/h6,9-10,12,15-16,18-19,21-22,27-28,33,36,40,48,51H,5,7-8,11,13-14,17,20,23-26,29-30H2,1-4H3,(H,46,50). The monoisotopic (exact) mass is 722 g/mol. The molecule has 2 amide bonds. The van der Waals surface area contributed by atoms with Crippen molar-refractivity contribution in [3.8, 4) is 11.5 Å². The van der Waals surface area contributed by atoms with Gasteiger partial charge in [-0.1, -0.05) is 68.2 Å². The number of amides is 2. The minimum atomic E-state index is -1.27. The van der Waals surface area contributed by atoms with E-state index in [4.69, 9.17) is 9.47 Å². The Balaban J connectivity index is 1.41. The summed E-state index contributed by atoms with van der Waals surface area (Å²) in [7, 11) is 3.21. The number of carbonyl (C=O) groups excluding carboxylic acids is 2. The predicted octanol–water partition coefficient (Wildman–Crippen LogP) is 9.24. The molecule has 0 spiro atoms. The van der Waals surface area contributed by atoms with Crippen LogP contribution < -0.4 is 14.8 Å². The van der Waals surface area contributed by atoms with E-state index in [-0.39, 0.29) is 36.7 Å². The summed E-state index contributed by atoms with van der Waals surface area (Å²) in [5, 5.41) is 27.2. The molecule has 3 aromatic rings. The predicted molar refractivity (Wildman–Crippen MR) is 210 cm³/mol. The molecule has 4 aliphatic rings. The van der Waals surface area contributed by atoms with Crippen molar-refractivity contribution in [2.24, 2.45) is 11.3 Å². The van der Waals surface area contributed by atoms with E-state index >= 15 is 0 Å². The van der Waals surface area contributed by atoms with Crippen molar-refractivity contribution >= 4 is 17.5 Å². The Morgan fingerprint density at radius 2 is 1.70 bits per heavy atom. The third kappa shape index (κ3) is 8.65. The topological polar surface area (TPSA) is 108 Å². The fraction of sp³-hybridized carbons (Fsp3) is 0.511. The molecule has 0 saturated heterocycles. The highest BCUT2D eigenvalue weighted by Gasteiger charge is 2.57. The van der Waals surface area contributed by atoms with E-state index in [1.807, 2.05) is 48.5 Å². The summed E-state index contributed by atoms with van der Waals surface area (Å²) in [4.78, 5) is 30.4. The number of ether oxygens (including phenoxy) is 2.